The van der Waals surface area contributed by atoms with Gasteiger partial charge < -0.3 is 10.6 Å². The van der Waals surface area contributed by atoms with Gasteiger partial charge in [0.05, 0.1) is 0 Å². The van der Waals surface area contributed by atoms with E-state index < -0.39 is 0 Å². The van der Waals surface area contributed by atoms with Crippen molar-refractivity contribution in [3.63, 3.8) is 0 Å². The van der Waals surface area contributed by atoms with Gasteiger partial charge in [-0.3, -0.25) is 0 Å². The number of nitrogens with one attached hydrogen (secondary N) is 2. The number of benzene rings is 2. The van der Waals surface area contributed by atoms with E-state index >= 15 is 0 Å². The van der Waals surface area contributed by atoms with Gasteiger partial charge in [-0.05, 0) is 49.7 Å². The standard InChI is InChI=1S/C16H19FN2/c1-12-3-8-16(13(2)11-12)19-10-9-18-15-6-4-14(17)5-7-15/h3-8,11,18-19H,9-10H2,1-2H3. The minimum atomic E-state index is -0.209. The molecular formula is C16H19FN2. The maximum absolute atomic E-state index is 12.7. The van der Waals surface area contributed by atoms with E-state index in [9.17, 15) is 4.39 Å². The van der Waals surface area contributed by atoms with Gasteiger partial charge in [0.15, 0.2) is 0 Å². The second-order valence-corrected chi connectivity index (χ2v) is 4.68. The Morgan fingerprint density at radius 1 is 0.895 bits per heavy atom. The van der Waals surface area contributed by atoms with E-state index in [1.165, 1.54) is 23.3 Å². The first-order valence-electron chi connectivity index (χ1n) is 6.46. The van der Waals surface area contributed by atoms with Crippen molar-refractivity contribution >= 4 is 11.4 Å². The average molecular weight is 258 g/mol. The van der Waals surface area contributed by atoms with E-state index in [0.29, 0.717) is 0 Å². The molecule has 0 aliphatic rings. The third-order valence-corrected chi connectivity index (χ3v) is 3.00. The van der Waals surface area contributed by atoms with Crippen molar-refractivity contribution < 1.29 is 4.39 Å². The van der Waals surface area contributed by atoms with E-state index in [4.69, 9.17) is 0 Å². The first-order chi connectivity index (χ1) is 9.15. The molecule has 3 heteroatoms. The highest BCUT2D eigenvalue weighted by Gasteiger charge is 1.97. The van der Waals surface area contributed by atoms with E-state index in [1.807, 2.05) is 0 Å². The number of aryl methyl sites for hydroxylation is 2. The largest absolute Gasteiger partial charge is 0.383 e. The first-order valence-corrected chi connectivity index (χ1v) is 6.46. The first kappa shape index (κ1) is 13.4. The maximum Gasteiger partial charge on any atom is 0.123 e. The fourth-order valence-corrected chi connectivity index (χ4v) is 1.98. The van der Waals surface area contributed by atoms with Crippen LogP contribution in [0.4, 0.5) is 15.8 Å². The van der Waals surface area contributed by atoms with E-state index in [1.54, 1.807) is 12.1 Å². The number of hydrogen-bond donors (Lipinski definition) is 2. The van der Waals surface area contributed by atoms with Gasteiger partial charge in [-0.25, -0.2) is 4.39 Å². The molecule has 2 aromatic rings. The molecule has 0 saturated heterocycles. The van der Waals surface area contributed by atoms with Crippen LogP contribution in [0, 0.1) is 19.7 Å². The van der Waals surface area contributed by atoms with E-state index in [-0.39, 0.29) is 5.82 Å². The number of hydrogen-bond acceptors (Lipinski definition) is 2. The normalized spacial score (nSPS) is 10.3. The van der Waals surface area contributed by atoms with Gasteiger partial charge in [-0.2, -0.15) is 0 Å². The zero-order valence-electron chi connectivity index (χ0n) is 11.3. The van der Waals surface area contributed by atoms with Crippen LogP contribution < -0.4 is 10.6 Å². The van der Waals surface area contributed by atoms with Crippen LogP contribution in [0.1, 0.15) is 11.1 Å². The van der Waals surface area contributed by atoms with Gasteiger partial charge in [-0.1, -0.05) is 17.7 Å². The fraction of sp³-hybridized carbons (Fsp3) is 0.250. The molecule has 0 aromatic heterocycles. The Labute approximate surface area is 113 Å². The van der Waals surface area contributed by atoms with Crippen molar-refractivity contribution in [2.24, 2.45) is 0 Å². The highest BCUT2D eigenvalue weighted by atomic mass is 19.1. The molecule has 2 N–H and O–H groups in total. The SMILES string of the molecule is Cc1ccc(NCCNc2ccc(F)cc2)c(C)c1. The number of rotatable bonds is 5. The minimum Gasteiger partial charge on any atom is -0.383 e. The topological polar surface area (TPSA) is 24.1 Å². The van der Waals surface area contributed by atoms with Crippen LogP contribution in [0.2, 0.25) is 0 Å². The lowest BCUT2D eigenvalue weighted by Crippen LogP contribution is -2.14. The molecule has 0 atom stereocenters. The maximum atomic E-state index is 12.7. The molecule has 0 heterocycles. The molecule has 0 unspecified atom stereocenters. The molecule has 0 aliphatic carbocycles. The molecule has 0 saturated carbocycles. The van der Waals surface area contributed by atoms with Crippen molar-refractivity contribution in [1.29, 1.82) is 0 Å². The van der Waals surface area contributed by atoms with E-state index in [2.05, 4.69) is 42.7 Å². The molecule has 0 aliphatic heterocycles. The smallest absolute Gasteiger partial charge is 0.123 e. The van der Waals surface area contributed by atoms with Gasteiger partial charge in [-0.15, -0.1) is 0 Å². The molecular weight excluding hydrogens is 239 g/mol. The highest BCUT2D eigenvalue weighted by Crippen LogP contribution is 2.15. The summed E-state index contributed by atoms with van der Waals surface area (Å²) < 4.78 is 12.7. The molecule has 2 rings (SSSR count). The van der Waals surface area contributed by atoms with Gasteiger partial charge in [0.25, 0.3) is 0 Å². The van der Waals surface area contributed by atoms with Crippen LogP contribution in [-0.4, -0.2) is 13.1 Å². The molecule has 0 radical (unpaired) electrons. The summed E-state index contributed by atoms with van der Waals surface area (Å²) in [5.74, 6) is -0.209. The lowest BCUT2D eigenvalue weighted by molar-refractivity contribution is 0.628. The van der Waals surface area contributed by atoms with Crippen molar-refractivity contribution in [2.75, 3.05) is 23.7 Å². The Hall–Kier alpha value is -2.03. The minimum absolute atomic E-state index is 0.209. The number of halogens is 1. The average Bonchev–Trinajstić information content (AvgIpc) is 2.39. The Bertz CT molecular complexity index is 535. The predicted octanol–water partition coefficient (Wildman–Crippen LogP) is 3.97. The summed E-state index contributed by atoms with van der Waals surface area (Å²) in [7, 11) is 0. The Morgan fingerprint density at radius 2 is 1.58 bits per heavy atom. The monoisotopic (exact) mass is 258 g/mol. The van der Waals surface area contributed by atoms with Crippen LogP contribution in [0.5, 0.6) is 0 Å². The third-order valence-electron chi connectivity index (χ3n) is 3.00. The lowest BCUT2D eigenvalue weighted by Gasteiger charge is -2.11. The Kier molecular flexibility index (Phi) is 4.39. The van der Waals surface area contributed by atoms with Crippen LogP contribution in [0.25, 0.3) is 0 Å². The summed E-state index contributed by atoms with van der Waals surface area (Å²) in [4.78, 5) is 0. The molecule has 0 fully saturated rings. The summed E-state index contributed by atoms with van der Waals surface area (Å²) in [6, 6.07) is 12.8. The molecule has 100 valence electrons. The van der Waals surface area contributed by atoms with E-state index in [0.717, 1.165) is 24.5 Å². The zero-order chi connectivity index (χ0) is 13.7. The lowest BCUT2D eigenvalue weighted by atomic mass is 10.1. The Balaban J connectivity index is 1.79. The van der Waals surface area contributed by atoms with Gasteiger partial charge in [0.1, 0.15) is 5.82 Å². The fourth-order valence-electron chi connectivity index (χ4n) is 1.98. The summed E-state index contributed by atoms with van der Waals surface area (Å²) in [5, 5.41) is 6.63. The van der Waals surface area contributed by atoms with Crippen LogP contribution in [0.15, 0.2) is 42.5 Å². The van der Waals surface area contributed by atoms with Crippen LogP contribution in [0.3, 0.4) is 0 Å². The van der Waals surface area contributed by atoms with Crippen LogP contribution >= 0.6 is 0 Å². The zero-order valence-corrected chi connectivity index (χ0v) is 11.3. The quantitative estimate of drug-likeness (QED) is 0.793. The molecule has 0 bridgehead atoms. The molecule has 0 spiro atoms. The van der Waals surface area contributed by atoms with Crippen molar-refractivity contribution in [3.8, 4) is 0 Å². The molecule has 2 nitrogen and oxygen atoms in total. The van der Waals surface area contributed by atoms with Gasteiger partial charge in [0, 0.05) is 24.5 Å². The third kappa shape index (κ3) is 3.98. The molecule has 2 aromatic carbocycles. The summed E-state index contributed by atoms with van der Waals surface area (Å²) in [6.07, 6.45) is 0. The van der Waals surface area contributed by atoms with Gasteiger partial charge >= 0.3 is 0 Å². The Morgan fingerprint density at radius 3 is 2.26 bits per heavy atom. The summed E-state index contributed by atoms with van der Waals surface area (Å²) >= 11 is 0. The summed E-state index contributed by atoms with van der Waals surface area (Å²) in [6.45, 7) is 5.80. The van der Waals surface area contributed by atoms with Crippen molar-refractivity contribution in [3.05, 3.63) is 59.4 Å². The molecule has 19 heavy (non-hydrogen) atoms. The van der Waals surface area contributed by atoms with Crippen molar-refractivity contribution in [2.45, 2.75) is 13.8 Å². The van der Waals surface area contributed by atoms with Gasteiger partial charge in [0.2, 0.25) is 0 Å². The summed E-state index contributed by atoms with van der Waals surface area (Å²) in [5.41, 5.74) is 4.62. The second-order valence-electron chi connectivity index (χ2n) is 4.68. The van der Waals surface area contributed by atoms with Crippen molar-refractivity contribution in [1.82, 2.24) is 0 Å². The van der Waals surface area contributed by atoms with Crippen LogP contribution in [-0.2, 0) is 0 Å². The predicted molar refractivity (Wildman–Crippen MR) is 79.3 cm³/mol. The highest BCUT2D eigenvalue weighted by molar-refractivity contribution is 5.52. The second kappa shape index (κ2) is 6.23. The number of anilines is 2. The molecule has 0 amide bonds.